The van der Waals surface area contributed by atoms with Crippen LogP contribution in [0.25, 0.3) is 10.4 Å². The Morgan fingerprint density at radius 1 is 1.00 bits per heavy atom. The molecule has 1 atom stereocenters. The Hall–Kier alpha value is -4.36. The summed E-state index contributed by atoms with van der Waals surface area (Å²) in [6, 6.07) is 12.8. The number of aliphatic hydroxyl groups is 1. The third-order valence-corrected chi connectivity index (χ3v) is 7.27. The van der Waals surface area contributed by atoms with Crippen LogP contribution in [0.3, 0.4) is 0 Å². The summed E-state index contributed by atoms with van der Waals surface area (Å²) in [5.74, 6) is -1.45. The van der Waals surface area contributed by atoms with Crippen LogP contribution in [0.5, 0.6) is 0 Å². The number of aromatic nitrogens is 3. The largest absolute Gasteiger partial charge is 0.481 e. The van der Waals surface area contributed by atoms with Crippen LogP contribution in [0.2, 0.25) is 0 Å². The predicted octanol–water partition coefficient (Wildman–Crippen LogP) is 6.12. The molecule has 4 N–H and O–H groups in total. The summed E-state index contributed by atoms with van der Waals surface area (Å²) in [7, 11) is 0. The van der Waals surface area contributed by atoms with Crippen molar-refractivity contribution < 1.29 is 33.0 Å². The van der Waals surface area contributed by atoms with E-state index in [1.807, 2.05) is 13.0 Å². The van der Waals surface area contributed by atoms with Gasteiger partial charge in [-0.15, -0.1) is 11.3 Å². The molecule has 0 saturated heterocycles. The van der Waals surface area contributed by atoms with E-state index in [0.717, 1.165) is 28.3 Å². The number of halogens is 3. The van der Waals surface area contributed by atoms with E-state index in [1.165, 1.54) is 11.3 Å². The van der Waals surface area contributed by atoms with Gasteiger partial charge in [0.25, 0.3) is 0 Å². The summed E-state index contributed by atoms with van der Waals surface area (Å²) in [4.78, 5) is 35.2. The van der Waals surface area contributed by atoms with Gasteiger partial charge in [-0.05, 0) is 67.3 Å². The first kappa shape index (κ1) is 29.6. The molecule has 2 aromatic carbocycles. The first-order chi connectivity index (χ1) is 19.3. The predicted molar refractivity (Wildman–Crippen MR) is 148 cm³/mol. The van der Waals surface area contributed by atoms with Gasteiger partial charge in [0, 0.05) is 36.6 Å². The Morgan fingerprint density at radius 2 is 1.73 bits per heavy atom. The monoisotopic (exact) mass is 585 g/mol. The lowest BCUT2D eigenvalue weighted by molar-refractivity contribution is -0.141. The number of anilines is 3. The summed E-state index contributed by atoms with van der Waals surface area (Å²) in [6.07, 6.45) is -1.72. The van der Waals surface area contributed by atoms with Gasteiger partial charge in [0.2, 0.25) is 11.9 Å². The molecule has 1 unspecified atom stereocenters. The molecule has 0 spiro atoms. The highest BCUT2D eigenvalue weighted by molar-refractivity contribution is 7.15. The molecular weight excluding hydrogens is 559 g/mol. The zero-order valence-corrected chi connectivity index (χ0v) is 22.8. The van der Waals surface area contributed by atoms with Crippen LogP contribution in [-0.2, 0) is 21.4 Å². The molecular formula is C28H26F3N5O4S. The van der Waals surface area contributed by atoms with Gasteiger partial charge >= 0.3 is 12.1 Å². The smallest absolute Gasteiger partial charge is 0.433 e. The maximum absolute atomic E-state index is 13.0. The number of benzene rings is 2. The standard InChI is InChI=1S/C28H26F3N5O4S/c1-16-12-17(14-20(13-16)35-26-32-11-10-22(36-26)28(29,30)31)21-15-33-25(41-21)27(2,40)18-6-8-19(9-7-18)34-23(37)4-3-5-24(38)39/h6-15,40H,3-5H2,1-2H3,(H,34,37)(H,38,39)(H,32,35,36). The molecule has 1 amide bonds. The van der Waals surface area contributed by atoms with Crippen LogP contribution in [-0.4, -0.2) is 37.0 Å². The first-order valence-corrected chi connectivity index (χ1v) is 13.2. The number of amides is 1. The maximum Gasteiger partial charge on any atom is 0.433 e. The molecule has 4 aromatic rings. The molecule has 0 aliphatic carbocycles. The molecule has 0 fully saturated rings. The number of carboxylic acids is 1. The van der Waals surface area contributed by atoms with E-state index in [2.05, 4.69) is 25.6 Å². The molecule has 0 bridgehead atoms. The second-order valence-corrected chi connectivity index (χ2v) is 10.5. The third-order valence-electron chi connectivity index (χ3n) is 6.01. The van der Waals surface area contributed by atoms with Crippen LogP contribution in [0, 0.1) is 6.92 Å². The van der Waals surface area contributed by atoms with E-state index < -0.39 is 23.4 Å². The minimum absolute atomic E-state index is 0.0802. The Morgan fingerprint density at radius 3 is 2.41 bits per heavy atom. The summed E-state index contributed by atoms with van der Waals surface area (Å²) < 4.78 is 39.1. The lowest BCUT2D eigenvalue weighted by Crippen LogP contribution is -2.22. The molecule has 2 aromatic heterocycles. The molecule has 214 valence electrons. The lowest BCUT2D eigenvalue weighted by atomic mass is 9.96. The number of thiazole rings is 1. The van der Waals surface area contributed by atoms with Gasteiger partial charge in [-0.1, -0.05) is 18.2 Å². The average molecular weight is 586 g/mol. The van der Waals surface area contributed by atoms with Gasteiger partial charge in [-0.3, -0.25) is 9.59 Å². The Bertz CT molecular complexity index is 1560. The molecule has 0 aliphatic heterocycles. The number of carbonyl (C=O) groups excluding carboxylic acids is 1. The minimum atomic E-state index is -4.59. The lowest BCUT2D eigenvalue weighted by Gasteiger charge is -2.21. The van der Waals surface area contributed by atoms with E-state index in [0.29, 0.717) is 21.9 Å². The van der Waals surface area contributed by atoms with Crippen molar-refractivity contribution in [2.45, 2.75) is 44.9 Å². The Kier molecular flexibility index (Phi) is 8.69. The number of hydrogen-bond acceptors (Lipinski definition) is 8. The summed E-state index contributed by atoms with van der Waals surface area (Å²) in [5.41, 5.74) is 0.595. The highest BCUT2D eigenvalue weighted by Gasteiger charge is 2.33. The second kappa shape index (κ2) is 12.0. The second-order valence-electron chi connectivity index (χ2n) is 9.45. The van der Waals surface area contributed by atoms with Gasteiger partial charge in [-0.2, -0.15) is 13.2 Å². The van der Waals surface area contributed by atoms with Crippen LogP contribution < -0.4 is 10.6 Å². The van der Waals surface area contributed by atoms with Gasteiger partial charge in [0.15, 0.2) is 0 Å². The van der Waals surface area contributed by atoms with E-state index in [-0.39, 0.29) is 31.1 Å². The highest BCUT2D eigenvalue weighted by atomic mass is 32.1. The van der Waals surface area contributed by atoms with Crippen LogP contribution in [0.1, 0.15) is 48.0 Å². The Balaban J connectivity index is 1.49. The number of aliphatic carboxylic acids is 1. The summed E-state index contributed by atoms with van der Waals surface area (Å²) >= 11 is 1.26. The van der Waals surface area contributed by atoms with Crippen molar-refractivity contribution in [3.05, 3.63) is 82.8 Å². The van der Waals surface area contributed by atoms with E-state index in [4.69, 9.17) is 5.11 Å². The number of rotatable bonds is 10. The molecule has 4 rings (SSSR count). The SMILES string of the molecule is Cc1cc(Nc2nccc(C(F)(F)F)n2)cc(-c2cnc(C(C)(O)c3ccc(NC(=O)CCCC(=O)O)cc3)s2)c1. The van der Waals surface area contributed by atoms with Crippen molar-refractivity contribution in [2.24, 2.45) is 0 Å². The Labute approximate surface area is 237 Å². The van der Waals surface area contributed by atoms with Crippen molar-refractivity contribution in [1.29, 1.82) is 0 Å². The molecule has 41 heavy (non-hydrogen) atoms. The van der Waals surface area contributed by atoms with E-state index >= 15 is 0 Å². The van der Waals surface area contributed by atoms with E-state index in [1.54, 1.807) is 49.5 Å². The average Bonchev–Trinajstić information content (AvgIpc) is 3.40. The fourth-order valence-electron chi connectivity index (χ4n) is 3.96. The minimum Gasteiger partial charge on any atom is -0.481 e. The van der Waals surface area contributed by atoms with Gasteiger partial charge in [0.05, 0.1) is 4.88 Å². The van der Waals surface area contributed by atoms with Crippen LogP contribution in [0.4, 0.5) is 30.5 Å². The maximum atomic E-state index is 13.0. The highest BCUT2D eigenvalue weighted by Crippen LogP contribution is 2.37. The molecule has 13 heteroatoms. The molecule has 2 heterocycles. The van der Waals surface area contributed by atoms with Crippen LogP contribution in [0.15, 0.2) is 60.9 Å². The number of nitrogens with zero attached hydrogens (tertiary/aromatic N) is 3. The van der Waals surface area contributed by atoms with E-state index in [9.17, 15) is 27.9 Å². The number of carboxylic acid groups (broad SMARTS) is 1. The molecule has 0 saturated carbocycles. The fourth-order valence-corrected chi connectivity index (χ4v) is 4.93. The van der Waals surface area contributed by atoms with Crippen molar-refractivity contribution in [2.75, 3.05) is 10.6 Å². The number of nitrogens with one attached hydrogen (secondary N) is 2. The van der Waals surface area contributed by atoms with Crippen molar-refractivity contribution in [3.63, 3.8) is 0 Å². The number of hydrogen-bond donors (Lipinski definition) is 4. The fraction of sp³-hybridized carbons (Fsp3) is 0.250. The quantitative estimate of drug-likeness (QED) is 0.175. The van der Waals surface area contributed by atoms with Crippen molar-refractivity contribution in [3.8, 4) is 10.4 Å². The summed E-state index contributed by atoms with van der Waals surface area (Å²) in [5, 5.41) is 26.0. The first-order valence-electron chi connectivity index (χ1n) is 12.4. The van der Waals surface area contributed by atoms with Crippen LogP contribution >= 0.6 is 11.3 Å². The number of alkyl halides is 3. The van der Waals surface area contributed by atoms with Gasteiger partial charge < -0.3 is 20.8 Å². The molecule has 0 radical (unpaired) electrons. The topological polar surface area (TPSA) is 137 Å². The summed E-state index contributed by atoms with van der Waals surface area (Å²) in [6.45, 7) is 3.44. The van der Waals surface area contributed by atoms with Crippen molar-refractivity contribution in [1.82, 2.24) is 15.0 Å². The zero-order chi connectivity index (χ0) is 29.8. The van der Waals surface area contributed by atoms with Gasteiger partial charge in [0.1, 0.15) is 16.3 Å². The van der Waals surface area contributed by atoms with Crippen molar-refractivity contribution >= 4 is 40.5 Å². The number of carbonyl (C=O) groups is 2. The number of aryl methyl sites for hydroxylation is 1. The molecule has 9 nitrogen and oxygen atoms in total. The zero-order valence-electron chi connectivity index (χ0n) is 22.0. The van der Waals surface area contributed by atoms with Gasteiger partial charge in [-0.25, -0.2) is 15.0 Å². The molecule has 0 aliphatic rings. The third kappa shape index (κ3) is 7.64. The normalized spacial score (nSPS) is 12.9.